The number of furan rings is 1. The van der Waals surface area contributed by atoms with Gasteiger partial charge in [0.05, 0.1) is 11.3 Å². The SMILES string of the molecule is Cc1ccc2oc(/C(NC3CCCN(C)C3)=C3/C(=N)C(=O)NN=C3N)c(C)c2c1. The molecule has 8 nitrogen and oxygen atoms in total. The molecule has 1 fully saturated rings. The Hall–Kier alpha value is -3.13. The lowest BCUT2D eigenvalue weighted by Crippen LogP contribution is -2.46. The fraction of sp³-hybridized carbons (Fsp3) is 0.381. The van der Waals surface area contributed by atoms with Crippen LogP contribution in [0, 0.1) is 19.3 Å². The lowest BCUT2D eigenvalue weighted by Gasteiger charge is -2.32. The van der Waals surface area contributed by atoms with Gasteiger partial charge in [-0.1, -0.05) is 11.6 Å². The van der Waals surface area contributed by atoms with Crippen molar-refractivity contribution in [2.24, 2.45) is 10.8 Å². The maximum Gasteiger partial charge on any atom is 0.290 e. The zero-order chi connectivity index (χ0) is 20.7. The van der Waals surface area contributed by atoms with Gasteiger partial charge in [-0.25, -0.2) is 5.43 Å². The van der Waals surface area contributed by atoms with Gasteiger partial charge in [-0.05, 0) is 52.4 Å². The summed E-state index contributed by atoms with van der Waals surface area (Å²) in [5.41, 5.74) is 11.8. The van der Waals surface area contributed by atoms with E-state index in [1.54, 1.807) is 0 Å². The molecule has 4 rings (SSSR count). The van der Waals surface area contributed by atoms with Crippen molar-refractivity contribution in [3.63, 3.8) is 0 Å². The van der Waals surface area contributed by atoms with Gasteiger partial charge in [0.1, 0.15) is 11.3 Å². The molecule has 2 aliphatic heterocycles. The number of likely N-dealkylation sites (N-methyl/N-ethyl adjacent to an activating group) is 1. The Morgan fingerprint density at radius 1 is 1.41 bits per heavy atom. The number of hydrogen-bond donors (Lipinski definition) is 4. The Balaban J connectivity index is 1.89. The van der Waals surface area contributed by atoms with E-state index in [0.29, 0.717) is 11.5 Å². The van der Waals surface area contributed by atoms with Crippen LogP contribution in [0.2, 0.25) is 0 Å². The minimum atomic E-state index is -0.584. The van der Waals surface area contributed by atoms with Crippen molar-refractivity contribution in [1.82, 2.24) is 15.6 Å². The highest BCUT2D eigenvalue weighted by Crippen LogP contribution is 2.32. The van der Waals surface area contributed by atoms with Crippen LogP contribution in [0.25, 0.3) is 16.7 Å². The molecule has 1 aromatic carbocycles. The quantitative estimate of drug-likeness (QED) is 0.633. The Morgan fingerprint density at radius 2 is 2.21 bits per heavy atom. The number of amides is 1. The van der Waals surface area contributed by atoms with Crippen LogP contribution < -0.4 is 16.5 Å². The van der Waals surface area contributed by atoms with Gasteiger partial charge in [-0.15, -0.1) is 0 Å². The van der Waals surface area contributed by atoms with Gasteiger partial charge in [0.2, 0.25) is 0 Å². The first-order valence-electron chi connectivity index (χ1n) is 9.77. The zero-order valence-corrected chi connectivity index (χ0v) is 16.9. The number of carbonyl (C=O) groups excluding carboxylic acids is 1. The topological polar surface area (TPSA) is 120 Å². The minimum absolute atomic E-state index is 0.0947. The monoisotopic (exact) mass is 394 g/mol. The lowest BCUT2D eigenvalue weighted by molar-refractivity contribution is -0.114. The molecule has 5 N–H and O–H groups in total. The Labute approximate surface area is 169 Å². The van der Waals surface area contributed by atoms with Crippen LogP contribution in [-0.4, -0.2) is 48.5 Å². The van der Waals surface area contributed by atoms with E-state index in [2.05, 4.69) is 33.9 Å². The smallest absolute Gasteiger partial charge is 0.290 e. The van der Waals surface area contributed by atoms with Crippen LogP contribution in [0.15, 0.2) is 33.3 Å². The maximum atomic E-state index is 12.1. The summed E-state index contributed by atoms with van der Waals surface area (Å²) in [6.07, 6.45) is 2.05. The Morgan fingerprint density at radius 3 is 2.97 bits per heavy atom. The molecular formula is C21H26N6O2. The first-order valence-corrected chi connectivity index (χ1v) is 9.77. The number of aryl methyl sites for hydroxylation is 2. The molecule has 0 radical (unpaired) electrons. The molecule has 1 saturated heterocycles. The van der Waals surface area contributed by atoms with E-state index in [-0.39, 0.29) is 23.2 Å². The van der Waals surface area contributed by atoms with Crippen LogP contribution in [0.4, 0.5) is 0 Å². The first-order chi connectivity index (χ1) is 13.8. The van der Waals surface area contributed by atoms with Crippen molar-refractivity contribution in [2.45, 2.75) is 32.7 Å². The Bertz CT molecular complexity index is 1060. The molecule has 8 heteroatoms. The predicted molar refractivity (Wildman–Crippen MR) is 114 cm³/mol. The Kier molecular flexibility index (Phi) is 4.87. The number of nitrogens with zero attached hydrogens (tertiary/aromatic N) is 2. The normalized spacial score (nSPS) is 22.4. The number of piperidine rings is 1. The number of fused-ring (bicyclic) bond motifs is 1. The molecule has 2 aromatic rings. The average Bonchev–Trinajstić information content (AvgIpc) is 3.00. The highest BCUT2D eigenvalue weighted by molar-refractivity contribution is 6.53. The number of benzene rings is 1. The summed E-state index contributed by atoms with van der Waals surface area (Å²) in [4.78, 5) is 14.4. The van der Waals surface area contributed by atoms with E-state index in [9.17, 15) is 4.79 Å². The van der Waals surface area contributed by atoms with E-state index in [4.69, 9.17) is 15.6 Å². The van der Waals surface area contributed by atoms with Gasteiger partial charge in [0.25, 0.3) is 5.91 Å². The highest BCUT2D eigenvalue weighted by atomic mass is 16.3. The van der Waals surface area contributed by atoms with Gasteiger partial charge >= 0.3 is 0 Å². The third kappa shape index (κ3) is 3.51. The third-order valence-corrected chi connectivity index (χ3v) is 5.55. The van der Waals surface area contributed by atoms with E-state index in [0.717, 1.165) is 48.0 Å². The molecule has 1 amide bonds. The average molecular weight is 394 g/mol. The summed E-state index contributed by atoms with van der Waals surface area (Å²) in [7, 11) is 2.09. The number of likely N-dealkylation sites (tertiary alicyclic amines) is 1. The van der Waals surface area contributed by atoms with Gasteiger partial charge in [0, 0.05) is 23.5 Å². The van der Waals surface area contributed by atoms with Crippen LogP contribution in [0.3, 0.4) is 0 Å². The number of hydrogen-bond acceptors (Lipinski definition) is 7. The predicted octanol–water partition coefficient (Wildman–Crippen LogP) is 1.87. The summed E-state index contributed by atoms with van der Waals surface area (Å²) >= 11 is 0. The zero-order valence-electron chi connectivity index (χ0n) is 16.9. The van der Waals surface area contributed by atoms with Gasteiger partial charge in [-0.3, -0.25) is 10.2 Å². The van der Waals surface area contributed by atoms with E-state index >= 15 is 0 Å². The van der Waals surface area contributed by atoms with E-state index < -0.39 is 5.91 Å². The molecule has 0 saturated carbocycles. The molecule has 1 aromatic heterocycles. The van der Waals surface area contributed by atoms with Crippen molar-refractivity contribution < 1.29 is 9.21 Å². The van der Waals surface area contributed by atoms with Crippen LogP contribution >= 0.6 is 0 Å². The molecule has 2 aliphatic rings. The number of nitrogens with one attached hydrogen (secondary N) is 3. The number of rotatable bonds is 3. The molecule has 0 spiro atoms. The highest BCUT2D eigenvalue weighted by Gasteiger charge is 2.31. The second-order valence-electron chi connectivity index (χ2n) is 7.86. The van der Waals surface area contributed by atoms with Gasteiger partial charge in [0.15, 0.2) is 11.6 Å². The maximum absolute atomic E-state index is 12.1. The number of carbonyl (C=O) groups is 1. The van der Waals surface area contributed by atoms with Crippen molar-refractivity contribution in [1.29, 1.82) is 5.41 Å². The molecular weight excluding hydrogens is 368 g/mol. The van der Waals surface area contributed by atoms with Crippen molar-refractivity contribution in [3.05, 3.63) is 40.7 Å². The molecule has 29 heavy (non-hydrogen) atoms. The minimum Gasteiger partial charge on any atom is -0.454 e. The van der Waals surface area contributed by atoms with Crippen LogP contribution in [0.1, 0.15) is 29.7 Å². The van der Waals surface area contributed by atoms with E-state index in [1.165, 1.54) is 0 Å². The summed E-state index contributed by atoms with van der Waals surface area (Å²) in [5.74, 6) is 0.0996. The summed E-state index contributed by atoms with van der Waals surface area (Å²) in [6, 6.07) is 6.16. The van der Waals surface area contributed by atoms with Crippen LogP contribution in [-0.2, 0) is 4.79 Å². The van der Waals surface area contributed by atoms with Crippen molar-refractivity contribution in [3.8, 4) is 0 Å². The number of hydrazone groups is 1. The fourth-order valence-corrected chi connectivity index (χ4v) is 4.03. The number of amidine groups is 1. The molecule has 3 heterocycles. The van der Waals surface area contributed by atoms with Gasteiger partial charge in [-0.2, -0.15) is 5.10 Å². The van der Waals surface area contributed by atoms with Crippen LogP contribution in [0.5, 0.6) is 0 Å². The van der Waals surface area contributed by atoms with Gasteiger partial charge < -0.3 is 20.4 Å². The largest absolute Gasteiger partial charge is 0.454 e. The third-order valence-electron chi connectivity index (χ3n) is 5.55. The molecule has 1 unspecified atom stereocenters. The second kappa shape index (κ2) is 7.36. The lowest BCUT2D eigenvalue weighted by atomic mass is 9.98. The van der Waals surface area contributed by atoms with Crippen molar-refractivity contribution >= 4 is 34.1 Å². The summed E-state index contributed by atoms with van der Waals surface area (Å²) in [5, 5.41) is 16.8. The van der Waals surface area contributed by atoms with E-state index in [1.807, 2.05) is 26.0 Å². The molecule has 0 bridgehead atoms. The molecule has 0 aliphatic carbocycles. The fourth-order valence-electron chi connectivity index (χ4n) is 4.03. The second-order valence-corrected chi connectivity index (χ2v) is 7.86. The number of nitrogens with two attached hydrogens (primary N) is 1. The first kappa shape index (κ1) is 19.2. The summed E-state index contributed by atoms with van der Waals surface area (Å²) < 4.78 is 6.20. The van der Waals surface area contributed by atoms with Crippen molar-refractivity contribution in [2.75, 3.05) is 20.1 Å². The molecule has 1 atom stereocenters. The molecule has 152 valence electrons. The summed E-state index contributed by atoms with van der Waals surface area (Å²) in [6.45, 7) is 5.92. The standard InChI is InChI=1S/C21H26N6O2/c1-11-6-7-15-14(9-11)12(2)19(29-15)18(24-13-5-4-8-27(3)10-13)16-17(22)21(28)26-25-20(16)23/h6-7,9,13,22,24H,4-5,8,10H2,1-3H3,(H2,23,25)(H,26,28)/b18-16+,22-17?.